The Labute approximate surface area is 229 Å². The summed E-state index contributed by atoms with van der Waals surface area (Å²) in [6, 6.07) is 8.79. The molecule has 2 unspecified atom stereocenters. The summed E-state index contributed by atoms with van der Waals surface area (Å²) in [5.74, 6) is -0.0864. The highest BCUT2D eigenvalue weighted by Gasteiger charge is 2.48. The number of hydrogen-bond donors (Lipinski definition) is 3. The molecule has 11 nitrogen and oxygen atoms in total. The number of rotatable bonds is 11. The van der Waals surface area contributed by atoms with Crippen molar-refractivity contribution in [2.75, 3.05) is 18.7 Å². The fourth-order valence-electron chi connectivity index (χ4n) is 5.89. The van der Waals surface area contributed by atoms with Crippen LogP contribution in [0.15, 0.2) is 43.0 Å². The van der Waals surface area contributed by atoms with Gasteiger partial charge in [0.1, 0.15) is 31.4 Å². The van der Waals surface area contributed by atoms with Crippen LogP contribution in [-0.2, 0) is 13.9 Å². The number of aliphatic hydroxyl groups excluding tert-OH is 2. The lowest BCUT2D eigenvalue weighted by atomic mass is 10.1. The number of benzene rings is 1. The average molecular weight is 558 g/mol. The Bertz CT molecular complexity index is 1230. The van der Waals surface area contributed by atoms with E-state index in [4.69, 9.17) is 13.9 Å². The minimum absolute atomic E-state index is 0.0134. The zero-order valence-corrected chi connectivity index (χ0v) is 24.3. The van der Waals surface area contributed by atoms with Crippen LogP contribution in [0, 0.1) is 0 Å². The van der Waals surface area contributed by atoms with Crippen molar-refractivity contribution < 1.29 is 28.9 Å². The molecule has 0 spiro atoms. The predicted octanol–water partition coefficient (Wildman–Crippen LogP) is 3.86. The van der Waals surface area contributed by atoms with Crippen LogP contribution in [0.2, 0.25) is 16.6 Å². The van der Waals surface area contributed by atoms with Crippen LogP contribution in [-0.4, -0.2) is 75.7 Å². The molecular formula is C27H39N5O6Si. The first-order valence-corrected chi connectivity index (χ1v) is 15.5. The zero-order valence-electron chi connectivity index (χ0n) is 23.3. The van der Waals surface area contributed by atoms with Crippen LogP contribution in [0.4, 0.5) is 5.82 Å². The minimum atomic E-state index is -2.21. The Hall–Kier alpha value is -2.74. The Morgan fingerprint density at radius 2 is 1.74 bits per heavy atom. The number of nitrogens with one attached hydrogen (secondary N) is 1. The maximum atomic E-state index is 12.7. The maximum absolute atomic E-state index is 12.7. The summed E-state index contributed by atoms with van der Waals surface area (Å²) in [4.78, 5) is 25.7. The lowest BCUT2D eigenvalue weighted by Crippen LogP contribution is -2.49. The van der Waals surface area contributed by atoms with E-state index in [0.717, 1.165) is 0 Å². The molecule has 4 rings (SSSR count). The van der Waals surface area contributed by atoms with Crippen molar-refractivity contribution in [3.05, 3.63) is 48.5 Å². The number of carbonyl (C=O) groups excluding carboxylic acids is 1. The van der Waals surface area contributed by atoms with Crippen molar-refractivity contribution >= 4 is 31.2 Å². The standard InChI is InChI=1S/C27H39N5O6Si/c1-16(2)39(17(3)4,18(5)6)37-15-36-23-22(34)20(12-33)38-27(23)32-14-30-21-24(28-13-29-25(21)32)31-26(35)19-10-8-7-9-11-19/h7-11,13-14,16-18,20,22-23,27,33-34H,12,15H2,1-6H3,(H,28,29,31,35)/t20-,22?,23?,27-/m1/s1. The number of carbonyl (C=O) groups is 1. The summed E-state index contributed by atoms with van der Waals surface area (Å²) in [5.41, 5.74) is 2.32. The van der Waals surface area contributed by atoms with Gasteiger partial charge in [-0.2, -0.15) is 0 Å². The van der Waals surface area contributed by atoms with Crippen molar-refractivity contribution in [1.29, 1.82) is 0 Å². The highest BCUT2D eigenvalue weighted by Crippen LogP contribution is 2.42. The van der Waals surface area contributed by atoms with Gasteiger partial charge >= 0.3 is 0 Å². The third-order valence-electron chi connectivity index (χ3n) is 7.67. The van der Waals surface area contributed by atoms with Crippen molar-refractivity contribution in [2.24, 2.45) is 0 Å². The number of ether oxygens (including phenoxy) is 2. The number of anilines is 1. The van der Waals surface area contributed by atoms with Crippen molar-refractivity contribution in [2.45, 2.75) is 82.7 Å². The molecule has 1 aromatic carbocycles. The van der Waals surface area contributed by atoms with Crippen LogP contribution in [0.3, 0.4) is 0 Å². The fraction of sp³-hybridized carbons (Fsp3) is 0.556. The minimum Gasteiger partial charge on any atom is -0.394 e. The Balaban J connectivity index is 1.58. The number of hydrogen-bond acceptors (Lipinski definition) is 9. The Kier molecular flexibility index (Phi) is 9.14. The maximum Gasteiger partial charge on any atom is 0.256 e. The molecule has 3 aromatic rings. The smallest absolute Gasteiger partial charge is 0.256 e. The molecule has 212 valence electrons. The normalized spacial score (nSPS) is 21.9. The van der Waals surface area contributed by atoms with E-state index >= 15 is 0 Å². The lowest BCUT2D eigenvalue weighted by molar-refractivity contribution is -0.112. The van der Waals surface area contributed by atoms with Gasteiger partial charge in [-0.3, -0.25) is 9.36 Å². The van der Waals surface area contributed by atoms with E-state index in [1.807, 2.05) is 6.07 Å². The molecule has 0 radical (unpaired) electrons. The van der Waals surface area contributed by atoms with E-state index in [9.17, 15) is 15.0 Å². The van der Waals surface area contributed by atoms with Crippen LogP contribution in [0.25, 0.3) is 11.2 Å². The van der Waals surface area contributed by atoms with Gasteiger partial charge < -0.3 is 29.4 Å². The Morgan fingerprint density at radius 3 is 2.36 bits per heavy atom. The molecule has 1 fully saturated rings. The molecule has 12 heteroatoms. The lowest BCUT2D eigenvalue weighted by Gasteiger charge is -2.42. The molecule has 4 atom stereocenters. The highest BCUT2D eigenvalue weighted by atomic mass is 28.4. The van der Waals surface area contributed by atoms with Crippen LogP contribution < -0.4 is 5.32 Å². The van der Waals surface area contributed by atoms with Gasteiger partial charge in [0.2, 0.25) is 8.32 Å². The highest BCUT2D eigenvalue weighted by molar-refractivity contribution is 6.77. The van der Waals surface area contributed by atoms with Gasteiger partial charge in [0.05, 0.1) is 12.9 Å². The molecular weight excluding hydrogens is 518 g/mol. The molecule has 3 heterocycles. The summed E-state index contributed by atoms with van der Waals surface area (Å²) in [7, 11) is -2.21. The van der Waals surface area contributed by atoms with Gasteiger partial charge in [-0.25, -0.2) is 15.0 Å². The van der Waals surface area contributed by atoms with Gasteiger partial charge in [0.25, 0.3) is 5.91 Å². The molecule has 39 heavy (non-hydrogen) atoms. The third kappa shape index (κ3) is 5.63. The fourth-order valence-corrected chi connectivity index (χ4v) is 11.2. The van der Waals surface area contributed by atoms with E-state index < -0.39 is 32.9 Å². The number of aromatic nitrogens is 4. The van der Waals surface area contributed by atoms with Gasteiger partial charge in [-0.1, -0.05) is 59.7 Å². The number of imidazole rings is 1. The summed E-state index contributed by atoms with van der Waals surface area (Å²) < 4.78 is 20.3. The summed E-state index contributed by atoms with van der Waals surface area (Å²) in [6.07, 6.45) is -0.835. The molecule has 0 bridgehead atoms. The van der Waals surface area contributed by atoms with Crippen LogP contribution in [0.1, 0.15) is 58.1 Å². The molecule has 1 amide bonds. The van der Waals surface area contributed by atoms with Crippen LogP contribution in [0.5, 0.6) is 0 Å². The van der Waals surface area contributed by atoms with Crippen molar-refractivity contribution in [3.8, 4) is 0 Å². The number of aliphatic hydroxyl groups is 2. The second-order valence-electron chi connectivity index (χ2n) is 10.8. The number of fused-ring (bicyclic) bond motifs is 1. The molecule has 1 aliphatic heterocycles. The SMILES string of the molecule is CC(C)[Si](OCOC1C(O)[C@@H](CO)O[C@H]1n1cnc2c(NC(=O)c3ccccc3)ncnc21)(C(C)C)C(C)C. The van der Waals surface area contributed by atoms with Gasteiger partial charge in [-0.15, -0.1) is 0 Å². The first-order valence-electron chi connectivity index (χ1n) is 13.4. The molecule has 0 aliphatic carbocycles. The summed E-state index contributed by atoms with van der Waals surface area (Å²) in [6.45, 7) is 12.7. The summed E-state index contributed by atoms with van der Waals surface area (Å²) >= 11 is 0. The van der Waals surface area contributed by atoms with Crippen LogP contribution >= 0.6 is 0 Å². The quantitative estimate of drug-likeness (QED) is 0.237. The van der Waals surface area contributed by atoms with E-state index in [2.05, 4.69) is 61.8 Å². The van der Waals surface area contributed by atoms with E-state index in [0.29, 0.717) is 33.4 Å². The second kappa shape index (κ2) is 12.2. The van der Waals surface area contributed by atoms with Gasteiger partial charge in [-0.05, 0) is 28.8 Å². The van der Waals surface area contributed by atoms with E-state index in [-0.39, 0.29) is 25.1 Å². The van der Waals surface area contributed by atoms with Gasteiger partial charge in [0, 0.05) is 5.56 Å². The van der Waals surface area contributed by atoms with Gasteiger partial charge in [0.15, 0.2) is 23.2 Å². The second-order valence-corrected chi connectivity index (χ2v) is 16.3. The first kappa shape index (κ1) is 29.2. The first-order chi connectivity index (χ1) is 18.6. The third-order valence-corrected chi connectivity index (χ3v) is 13.7. The van der Waals surface area contributed by atoms with E-state index in [1.54, 1.807) is 28.8 Å². The average Bonchev–Trinajstić information content (AvgIpc) is 3.47. The number of nitrogens with zero attached hydrogens (tertiary/aromatic N) is 4. The molecule has 1 aliphatic rings. The van der Waals surface area contributed by atoms with E-state index in [1.165, 1.54) is 12.7 Å². The van der Waals surface area contributed by atoms with Crippen molar-refractivity contribution in [1.82, 2.24) is 19.5 Å². The van der Waals surface area contributed by atoms with Crippen molar-refractivity contribution in [3.63, 3.8) is 0 Å². The zero-order chi connectivity index (χ0) is 28.3. The number of amides is 1. The monoisotopic (exact) mass is 557 g/mol. The predicted molar refractivity (Wildman–Crippen MR) is 149 cm³/mol. The molecule has 1 saturated heterocycles. The topological polar surface area (TPSA) is 141 Å². The molecule has 2 aromatic heterocycles. The largest absolute Gasteiger partial charge is 0.394 e. The molecule has 0 saturated carbocycles. The summed E-state index contributed by atoms with van der Waals surface area (Å²) in [5, 5.41) is 23.6. The Morgan fingerprint density at radius 1 is 1.08 bits per heavy atom. The molecule has 3 N–H and O–H groups in total.